The highest BCUT2D eigenvalue weighted by molar-refractivity contribution is 5.42. The molecule has 1 N–H and O–H groups in total. The summed E-state index contributed by atoms with van der Waals surface area (Å²) in [7, 11) is 1.99. The SMILES string of the molecule is CNC(C1=CCCO1)c1c(C)cc(C)cc1C. The molecule has 1 aliphatic heterocycles. The largest absolute Gasteiger partial charge is 0.496 e. The molecule has 1 aliphatic rings. The minimum Gasteiger partial charge on any atom is -0.496 e. The van der Waals surface area contributed by atoms with Crippen LogP contribution < -0.4 is 5.32 Å². The van der Waals surface area contributed by atoms with E-state index in [2.05, 4.69) is 44.3 Å². The van der Waals surface area contributed by atoms with E-state index < -0.39 is 0 Å². The molecule has 1 aromatic carbocycles. The highest BCUT2D eigenvalue weighted by atomic mass is 16.5. The second-order valence-electron chi connectivity index (χ2n) is 4.78. The number of benzene rings is 1. The highest BCUT2D eigenvalue weighted by Crippen LogP contribution is 2.31. The van der Waals surface area contributed by atoms with Crippen LogP contribution in [0.4, 0.5) is 0 Å². The summed E-state index contributed by atoms with van der Waals surface area (Å²) in [6.45, 7) is 7.31. The number of likely N-dealkylation sites (N-methyl/N-ethyl adjacent to an activating group) is 1. The van der Waals surface area contributed by atoms with E-state index in [9.17, 15) is 0 Å². The van der Waals surface area contributed by atoms with Crippen LogP contribution in [0.25, 0.3) is 0 Å². The topological polar surface area (TPSA) is 21.3 Å². The van der Waals surface area contributed by atoms with Crippen LogP contribution in [0.15, 0.2) is 24.0 Å². The number of hydrogen-bond donors (Lipinski definition) is 1. The lowest BCUT2D eigenvalue weighted by molar-refractivity contribution is 0.217. The van der Waals surface area contributed by atoms with Crippen molar-refractivity contribution in [1.82, 2.24) is 5.32 Å². The van der Waals surface area contributed by atoms with E-state index in [0.717, 1.165) is 18.8 Å². The maximum Gasteiger partial charge on any atom is 0.114 e. The van der Waals surface area contributed by atoms with Gasteiger partial charge in [-0.15, -0.1) is 0 Å². The normalized spacial score (nSPS) is 16.6. The molecule has 0 aromatic heterocycles. The first-order valence-electron chi connectivity index (χ1n) is 6.21. The van der Waals surface area contributed by atoms with Gasteiger partial charge < -0.3 is 10.1 Å². The van der Waals surface area contributed by atoms with Crippen molar-refractivity contribution in [3.05, 3.63) is 46.2 Å². The lowest BCUT2D eigenvalue weighted by Gasteiger charge is -2.22. The molecule has 1 unspecified atom stereocenters. The van der Waals surface area contributed by atoms with Crippen molar-refractivity contribution >= 4 is 0 Å². The number of rotatable bonds is 3. The van der Waals surface area contributed by atoms with E-state index in [4.69, 9.17) is 4.74 Å². The van der Waals surface area contributed by atoms with E-state index in [1.54, 1.807) is 0 Å². The van der Waals surface area contributed by atoms with Gasteiger partial charge in [0.2, 0.25) is 0 Å². The van der Waals surface area contributed by atoms with Gasteiger partial charge in [0.25, 0.3) is 0 Å². The van der Waals surface area contributed by atoms with Gasteiger partial charge in [-0.3, -0.25) is 0 Å². The first-order chi connectivity index (χ1) is 8.13. The number of nitrogens with one attached hydrogen (secondary N) is 1. The third-order valence-corrected chi connectivity index (χ3v) is 3.33. The van der Waals surface area contributed by atoms with Crippen LogP contribution in [0.1, 0.15) is 34.7 Å². The smallest absolute Gasteiger partial charge is 0.114 e. The number of hydrogen-bond acceptors (Lipinski definition) is 2. The van der Waals surface area contributed by atoms with E-state index in [0.29, 0.717) is 0 Å². The summed E-state index contributed by atoms with van der Waals surface area (Å²) in [5.41, 5.74) is 5.34. The van der Waals surface area contributed by atoms with Crippen LogP contribution in [-0.4, -0.2) is 13.7 Å². The summed E-state index contributed by atoms with van der Waals surface area (Å²) in [6.07, 6.45) is 3.22. The molecule has 2 heteroatoms. The molecule has 0 radical (unpaired) electrons. The van der Waals surface area contributed by atoms with Crippen molar-refractivity contribution in [1.29, 1.82) is 0 Å². The molecule has 2 rings (SSSR count). The molecule has 0 aliphatic carbocycles. The molecule has 2 nitrogen and oxygen atoms in total. The Labute approximate surface area is 104 Å². The molecule has 0 bridgehead atoms. The fraction of sp³-hybridized carbons (Fsp3) is 0.467. The number of aryl methyl sites for hydroxylation is 3. The molecule has 1 heterocycles. The first-order valence-corrected chi connectivity index (χ1v) is 6.21. The summed E-state index contributed by atoms with van der Waals surface area (Å²) in [5.74, 6) is 1.07. The van der Waals surface area contributed by atoms with Gasteiger partial charge in [-0.1, -0.05) is 17.7 Å². The van der Waals surface area contributed by atoms with Crippen molar-refractivity contribution < 1.29 is 4.74 Å². The van der Waals surface area contributed by atoms with Crippen LogP contribution in [0, 0.1) is 20.8 Å². The molecule has 0 saturated carbocycles. The lowest BCUT2D eigenvalue weighted by Crippen LogP contribution is -2.21. The summed E-state index contributed by atoms with van der Waals surface area (Å²) in [4.78, 5) is 0. The summed E-state index contributed by atoms with van der Waals surface area (Å²) < 4.78 is 5.70. The molecular formula is C15H21NO. The van der Waals surface area contributed by atoms with Gasteiger partial charge in [-0.2, -0.15) is 0 Å². The standard InChI is InChI=1S/C15H21NO/c1-10-8-11(2)14(12(3)9-10)15(16-4)13-6-5-7-17-13/h6,8-9,15-16H,5,7H2,1-4H3. The van der Waals surface area contributed by atoms with Gasteiger partial charge in [0.15, 0.2) is 0 Å². The molecule has 92 valence electrons. The van der Waals surface area contributed by atoms with Crippen molar-refractivity contribution in [2.45, 2.75) is 33.2 Å². The maximum atomic E-state index is 5.70. The summed E-state index contributed by atoms with van der Waals surface area (Å²) >= 11 is 0. The zero-order valence-corrected chi connectivity index (χ0v) is 11.1. The molecular weight excluding hydrogens is 210 g/mol. The van der Waals surface area contributed by atoms with Crippen LogP contribution in [0.2, 0.25) is 0 Å². The Bertz CT molecular complexity index is 425. The predicted octanol–water partition coefficient (Wildman–Crippen LogP) is 3.18. The first kappa shape index (κ1) is 12.2. The average molecular weight is 231 g/mol. The van der Waals surface area contributed by atoms with Gasteiger partial charge in [0, 0.05) is 6.42 Å². The van der Waals surface area contributed by atoms with Crippen molar-refractivity contribution in [2.24, 2.45) is 0 Å². The Morgan fingerprint density at radius 1 is 1.18 bits per heavy atom. The van der Waals surface area contributed by atoms with Gasteiger partial charge >= 0.3 is 0 Å². The fourth-order valence-electron chi connectivity index (χ4n) is 2.71. The predicted molar refractivity (Wildman–Crippen MR) is 71.1 cm³/mol. The minimum atomic E-state index is 0.193. The minimum absolute atomic E-state index is 0.193. The van der Waals surface area contributed by atoms with E-state index in [1.807, 2.05) is 7.05 Å². The average Bonchev–Trinajstić information content (AvgIpc) is 2.76. The third kappa shape index (κ3) is 2.37. The van der Waals surface area contributed by atoms with Gasteiger partial charge in [0.05, 0.1) is 12.6 Å². The van der Waals surface area contributed by atoms with E-state index in [1.165, 1.54) is 22.3 Å². The van der Waals surface area contributed by atoms with Crippen LogP contribution >= 0.6 is 0 Å². The zero-order valence-electron chi connectivity index (χ0n) is 11.1. The quantitative estimate of drug-likeness (QED) is 0.862. The van der Waals surface area contributed by atoms with E-state index in [-0.39, 0.29) is 6.04 Å². The van der Waals surface area contributed by atoms with Gasteiger partial charge in [0.1, 0.15) is 5.76 Å². The third-order valence-electron chi connectivity index (χ3n) is 3.33. The van der Waals surface area contributed by atoms with Crippen LogP contribution in [0.5, 0.6) is 0 Å². The molecule has 0 saturated heterocycles. The molecule has 17 heavy (non-hydrogen) atoms. The molecule has 0 spiro atoms. The summed E-state index contributed by atoms with van der Waals surface area (Å²) in [6, 6.07) is 4.67. The Kier molecular flexibility index (Phi) is 3.53. The van der Waals surface area contributed by atoms with Gasteiger partial charge in [-0.25, -0.2) is 0 Å². The van der Waals surface area contributed by atoms with Crippen molar-refractivity contribution in [2.75, 3.05) is 13.7 Å². The Morgan fingerprint density at radius 2 is 1.82 bits per heavy atom. The molecule has 1 atom stereocenters. The van der Waals surface area contributed by atoms with Crippen LogP contribution in [-0.2, 0) is 4.74 Å². The summed E-state index contributed by atoms with van der Waals surface area (Å²) in [5, 5.41) is 3.37. The molecule has 0 fully saturated rings. The Hall–Kier alpha value is -1.28. The molecule has 0 amide bonds. The Morgan fingerprint density at radius 3 is 2.29 bits per heavy atom. The fourth-order valence-corrected chi connectivity index (χ4v) is 2.71. The molecule has 1 aromatic rings. The zero-order chi connectivity index (χ0) is 12.4. The highest BCUT2D eigenvalue weighted by Gasteiger charge is 2.22. The van der Waals surface area contributed by atoms with Gasteiger partial charge in [-0.05, 0) is 50.6 Å². The second-order valence-corrected chi connectivity index (χ2v) is 4.78. The number of ether oxygens (including phenoxy) is 1. The maximum absolute atomic E-state index is 5.70. The lowest BCUT2D eigenvalue weighted by atomic mass is 9.93. The van der Waals surface area contributed by atoms with Crippen LogP contribution in [0.3, 0.4) is 0 Å². The van der Waals surface area contributed by atoms with Crippen molar-refractivity contribution in [3.8, 4) is 0 Å². The second kappa shape index (κ2) is 4.92. The Balaban J connectivity index is 2.43. The monoisotopic (exact) mass is 231 g/mol. The van der Waals surface area contributed by atoms with Crippen molar-refractivity contribution in [3.63, 3.8) is 0 Å². The van der Waals surface area contributed by atoms with E-state index >= 15 is 0 Å².